The molecule has 0 radical (unpaired) electrons. The van der Waals surface area contributed by atoms with Gasteiger partial charge in [0, 0.05) is 44.3 Å². The number of non-ortho nitro benzene ring substituents is 1. The van der Waals surface area contributed by atoms with E-state index in [1.807, 2.05) is 121 Å². The van der Waals surface area contributed by atoms with E-state index < -0.39 is 37.6 Å². The molecule has 14 nitrogen and oxygen atoms in total. The third-order valence-corrected chi connectivity index (χ3v) is 10.9. The number of nitro benzene ring substituents is 3. The molecule has 10 rings (SSSR count). The van der Waals surface area contributed by atoms with Crippen molar-refractivity contribution in [2.75, 3.05) is 0 Å². The van der Waals surface area contributed by atoms with Gasteiger partial charge in [-0.15, -0.1) is 0 Å². The molecule has 64 heavy (non-hydrogen) atoms. The first kappa shape index (κ1) is 38.9. The predicted octanol–water partition coefficient (Wildman–Crippen LogP) is 12.8. The summed E-state index contributed by atoms with van der Waals surface area (Å²) in [6, 6.07) is 45.8. The topological polar surface area (TPSA) is 196 Å². The monoisotopic (exact) mass is 841 g/mol. The molecular formula is C50H31N7O7. The smallest absolute Gasteiger partial charge is 0.325 e. The first-order valence-electron chi connectivity index (χ1n) is 19.9. The van der Waals surface area contributed by atoms with E-state index in [1.165, 1.54) is 6.07 Å². The number of rotatable bonds is 9. The summed E-state index contributed by atoms with van der Waals surface area (Å²) >= 11 is 0. The van der Waals surface area contributed by atoms with E-state index in [4.69, 9.17) is 14.7 Å². The Balaban J connectivity index is 1.28. The van der Waals surface area contributed by atoms with Gasteiger partial charge in [-0.3, -0.25) is 30.3 Å². The van der Waals surface area contributed by atoms with Crippen molar-refractivity contribution in [2.24, 2.45) is 0 Å². The molecule has 0 spiro atoms. The molecule has 0 atom stereocenters. The van der Waals surface area contributed by atoms with E-state index in [2.05, 4.69) is 28.2 Å². The maximum atomic E-state index is 12.2. The molecule has 5 aromatic carbocycles. The Morgan fingerprint density at radius 1 is 0.406 bits per heavy atom. The Bertz CT molecular complexity index is 3380. The first-order chi connectivity index (χ1) is 31.2. The van der Waals surface area contributed by atoms with Gasteiger partial charge in [-0.1, -0.05) is 103 Å². The molecule has 0 saturated carbocycles. The Morgan fingerprint density at radius 3 is 1.12 bits per heavy atom. The third kappa shape index (κ3) is 7.12. The number of H-pyrrole nitrogens is 2. The van der Waals surface area contributed by atoms with Gasteiger partial charge in [-0.2, -0.15) is 0 Å². The van der Waals surface area contributed by atoms with Gasteiger partial charge in [0.1, 0.15) is 5.75 Å². The maximum Gasteiger partial charge on any atom is 0.325 e. The highest BCUT2D eigenvalue weighted by Gasteiger charge is 2.33. The number of hydrogen-bond acceptors (Lipinski definition) is 9. The maximum absolute atomic E-state index is 12.2. The fraction of sp³-hybridized carbons (Fsp3) is 0. The Morgan fingerprint density at radius 2 is 0.766 bits per heavy atom. The molecule has 5 heterocycles. The number of aromatic nitrogens is 4. The number of aromatic amines is 2. The summed E-state index contributed by atoms with van der Waals surface area (Å²) < 4.78 is 5.95. The summed E-state index contributed by atoms with van der Waals surface area (Å²) in [6.07, 6.45) is 7.89. The zero-order valence-corrected chi connectivity index (χ0v) is 33.3. The molecule has 0 amide bonds. The highest BCUT2D eigenvalue weighted by atomic mass is 16.6. The van der Waals surface area contributed by atoms with Gasteiger partial charge in [0.05, 0.1) is 49.7 Å². The molecule has 2 aliphatic heterocycles. The minimum absolute atomic E-state index is 0.00160. The van der Waals surface area contributed by atoms with Crippen molar-refractivity contribution < 1.29 is 19.5 Å². The summed E-state index contributed by atoms with van der Waals surface area (Å²) in [4.78, 5) is 51.0. The summed E-state index contributed by atoms with van der Waals surface area (Å²) in [6.45, 7) is 0. The van der Waals surface area contributed by atoms with Crippen LogP contribution >= 0.6 is 0 Å². The van der Waals surface area contributed by atoms with E-state index in [9.17, 15) is 30.3 Å². The van der Waals surface area contributed by atoms with Crippen molar-refractivity contribution >= 4 is 63.4 Å². The quantitative estimate of drug-likeness (QED) is 0.105. The standard InChI is InChI=1S/C50H31N7O7/c58-55(59)34-28-44(56(60)61)50(45(29-34)57(62)63)64-35-18-10-17-33(27-35)49-42-25-23-40(53-42)47(31-13-6-2-7-14-31)38-21-19-36(51-38)46(30-11-4-1-5-12-30)37-20-22-39(52-37)48(32-15-8-3-9-16-32)41-24-26-43(49)54-41/h1-29,51,54H. The molecule has 2 aliphatic rings. The van der Waals surface area contributed by atoms with Gasteiger partial charge >= 0.3 is 11.4 Å². The molecular weight excluding hydrogens is 811 g/mol. The van der Waals surface area contributed by atoms with Gasteiger partial charge in [-0.05, 0) is 83.0 Å². The molecule has 0 saturated heterocycles. The summed E-state index contributed by atoms with van der Waals surface area (Å²) in [7, 11) is 0. The van der Waals surface area contributed by atoms with Crippen molar-refractivity contribution in [2.45, 2.75) is 0 Å². The number of ether oxygens (including phenoxy) is 1. The van der Waals surface area contributed by atoms with E-state index in [0.717, 1.165) is 61.3 Å². The largest absolute Gasteiger partial charge is 0.444 e. The van der Waals surface area contributed by atoms with Gasteiger partial charge in [0.15, 0.2) is 0 Å². The second-order valence-corrected chi connectivity index (χ2v) is 14.8. The molecule has 0 aliphatic carbocycles. The van der Waals surface area contributed by atoms with Crippen molar-refractivity contribution in [1.29, 1.82) is 0 Å². The van der Waals surface area contributed by atoms with E-state index in [1.54, 1.807) is 18.2 Å². The number of nitrogens with zero attached hydrogens (tertiary/aromatic N) is 5. The van der Waals surface area contributed by atoms with Crippen molar-refractivity contribution in [3.8, 4) is 56.0 Å². The van der Waals surface area contributed by atoms with Crippen LogP contribution in [0.25, 0.3) is 90.9 Å². The van der Waals surface area contributed by atoms with Crippen molar-refractivity contribution in [1.82, 2.24) is 19.9 Å². The Kier molecular flexibility index (Phi) is 9.69. The van der Waals surface area contributed by atoms with Gasteiger partial charge < -0.3 is 14.7 Å². The number of benzene rings is 5. The van der Waals surface area contributed by atoms with E-state index >= 15 is 0 Å². The molecule has 14 heteroatoms. The van der Waals surface area contributed by atoms with Crippen LogP contribution in [0.2, 0.25) is 0 Å². The van der Waals surface area contributed by atoms with Crippen LogP contribution in [0.15, 0.2) is 152 Å². The number of fused-ring (bicyclic) bond motifs is 8. The average Bonchev–Trinajstić information content (AvgIpc) is 4.16. The lowest BCUT2D eigenvalue weighted by Crippen LogP contribution is -2.01. The zero-order valence-electron chi connectivity index (χ0n) is 33.3. The number of nitro groups is 3. The minimum Gasteiger partial charge on any atom is -0.444 e. The third-order valence-electron chi connectivity index (χ3n) is 10.9. The number of nitrogens with one attached hydrogen (secondary N) is 2. The summed E-state index contributed by atoms with van der Waals surface area (Å²) in [5, 5.41) is 35.9. The lowest BCUT2D eigenvalue weighted by atomic mass is 10.0. The molecule has 0 fully saturated rings. The second-order valence-electron chi connectivity index (χ2n) is 14.8. The highest BCUT2D eigenvalue weighted by molar-refractivity contribution is 6.00. The molecule has 308 valence electrons. The van der Waals surface area contributed by atoms with E-state index in [0.29, 0.717) is 40.2 Å². The van der Waals surface area contributed by atoms with Crippen LogP contribution in [0.3, 0.4) is 0 Å². The van der Waals surface area contributed by atoms with Crippen molar-refractivity contribution in [3.05, 3.63) is 205 Å². The van der Waals surface area contributed by atoms with Gasteiger partial charge in [0.25, 0.3) is 11.4 Å². The van der Waals surface area contributed by atoms with Crippen molar-refractivity contribution in [3.63, 3.8) is 0 Å². The number of hydrogen-bond donors (Lipinski definition) is 2. The molecule has 8 aromatic rings. The normalized spacial score (nSPS) is 11.7. The molecule has 8 bridgehead atoms. The molecule has 2 N–H and O–H groups in total. The zero-order chi connectivity index (χ0) is 43.9. The summed E-state index contributed by atoms with van der Waals surface area (Å²) in [5.74, 6) is -0.748. The predicted molar refractivity (Wildman–Crippen MR) is 247 cm³/mol. The van der Waals surface area contributed by atoms with Gasteiger partial charge in [-0.25, -0.2) is 9.97 Å². The van der Waals surface area contributed by atoms with Crippen LogP contribution in [-0.4, -0.2) is 34.7 Å². The fourth-order valence-corrected chi connectivity index (χ4v) is 8.13. The highest BCUT2D eigenvalue weighted by Crippen LogP contribution is 2.44. The lowest BCUT2D eigenvalue weighted by molar-refractivity contribution is -0.404. The van der Waals surface area contributed by atoms with Crippen LogP contribution in [0.5, 0.6) is 11.5 Å². The minimum atomic E-state index is -0.953. The van der Waals surface area contributed by atoms with Crippen LogP contribution in [0.1, 0.15) is 22.8 Å². The molecule has 3 aromatic heterocycles. The lowest BCUT2D eigenvalue weighted by Gasteiger charge is -2.10. The van der Waals surface area contributed by atoms with Crippen LogP contribution in [0, 0.1) is 30.3 Å². The Labute approximate surface area is 362 Å². The fourth-order valence-electron chi connectivity index (χ4n) is 8.13. The van der Waals surface area contributed by atoms with E-state index in [-0.39, 0.29) is 5.75 Å². The summed E-state index contributed by atoms with van der Waals surface area (Å²) in [5.41, 5.74) is 9.74. The molecule has 0 unspecified atom stereocenters. The van der Waals surface area contributed by atoms with Crippen LogP contribution in [0.4, 0.5) is 17.1 Å². The average molecular weight is 842 g/mol. The van der Waals surface area contributed by atoms with Crippen LogP contribution < -0.4 is 4.74 Å². The Hall–Kier alpha value is -9.30. The first-order valence-corrected chi connectivity index (χ1v) is 19.9. The van der Waals surface area contributed by atoms with Gasteiger partial charge in [0.2, 0.25) is 0 Å². The van der Waals surface area contributed by atoms with Crippen LogP contribution in [-0.2, 0) is 0 Å². The SMILES string of the molecule is O=[N+]([O-])c1cc([N+](=O)[O-])c(Oc2cccc(-c3c4nc(c(-c5ccccc5)c5ccc([nH]5)c(-c5ccccc5)c5nc(c(-c6ccccc6)c6ccc3[nH]6)C=C5)C=C4)c2)c([N+](=O)[O-])c1. The second kappa shape index (κ2) is 15.9.